The molecule has 1 saturated carbocycles. The van der Waals surface area contributed by atoms with E-state index in [1.807, 2.05) is 0 Å². The fraction of sp³-hybridized carbons (Fsp3) is 0.667. The van der Waals surface area contributed by atoms with Crippen molar-refractivity contribution < 1.29 is 0 Å². The number of rotatable bonds is 3. The van der Waals surface area contributed by atoms with E-state index in [-0.39, 0.29) is 6.04 Å². The second-order valence-electron chi connectivity index (χ2n) is 6.80. The maximum atomic E-state index is 5.88. The fourth-order valence-corrected chi connectivity index (χ4v) is 4.14. The van der Waals surface area contributed by atoms with Gasteiger partial charge in [-0.25, -0.2) is 0 Å². The number of nitrogens with two attached hydrogens (primary N) is 1. The zero-order valence-electron chi connectivity index (χ0n) is 12.7. The van der Waals surface area contributed by atoms with Gasteiger partial charge in [-0.2, -0.15) is 0 Å². The summed E-state index contributed by atoms with van der Waals surface area (Å²) < 4.78 is 0. The summed E-state index contributed by atoms with van der Waals surface area (Å²) in [5.74, 6) is 0.946. The van der Waals surface area contributed by atoms with Gasteiger partial charge in [0.15, 0.2) is 0 Å². The molecule has 2 aliphatic rings. The van der Waals surface area contributed by atoms with E-state index in [1.165, 1.54) is 56.3 Å². The molecule has 2 N–H and O–H groups in total. The summed E-state index contributed by atoms with van der Waals surface area (Å²) in [6.45, 7) is 3.32. The van der Waals surface area contributed by atoms with Gasteiger partial charge in [-0.1, -0.05) is 25.0 Å². The third kappa shape index (κ3) is 3.01. The third-order valence-corrected chi connectivity index (χ3v) is 5.07. The highest BCUT2D eigenvalue weighted by atomic mass is 15.2. The van der Waals surface area contributed by atoms with Crippen molar-refractivity contribution in [1.82, 2.24) is 0 Å². The molecule has 0 amide bonds. The number of piperidine rings is 1. The van der Waals surface area contributed by atoms with Crippen LogP contribution in [0.2, 0.25) is 0 Å². The monoisotopic (exact) mass is 272 g/mol. The van der Waals surface area contributed by atoms with Crippen molar-refractivity contribution in [2.24, 2.45) is 11.7 Å². The first-order valence-electron chi connectivity index (χ1n) is 8.35. The Morgan fingerprint density at radius 1 is 1.10 bits per heavy atom. The van der Waals surface area contributed by atoms with Crippen LogP contribution in [0.15, 0.2) is 24.3 Å². The Kier molecular flexibility index (Phi) is 4.30. The molecule has 1 aliphatic heterocycles. The predicted molar refractivity (Wildman–Crippen MR) is 86.1 cm³/mol. The van der Waals surface area contributed by atoms with Crippen LogP contribution < -0.4 is 10.6 Å². The van der Waals surface area contributed by atoms with Crippen LogP contribution in [0.25, 0.3) is 0 Å². The van der Waals surface area contributed by atoms with Gasteiger partial charge >= 0.3 is 0 Å². The van der Waals surface area contributed by atoms with Crippen LogP contribution in [0.5, 0.6) is 0 Å². The molecule has 110 valence electrons. The molecule has 1 saturated heterocycles. The van der Waals surface area contributed by atoms with E-state index < -0.39 is 0 Å². The first-order chi connectivity index (χ1) is 9.74. The molecular formula is C18H28N2. The minimum absolute atomic E-state index is 0.249. The topological polar surface area (TPSA) is 29.3 Å². The Hall–Kier alpha value is -1.02. The summed E-state index contributed by atoms with van der Waals surface area (Å²) in [7, 11) is 0. The maximum absolute atomic E-state index is 5.88. The number of anilines is 1. The van der Waals surface area contributed by atoms with E-state index in [4.69, 9.17) is 5.73 Å². The summed E-state index contributed by atoms with van der Waals surface area (Å²) in [6, 6.07) is 10.2. The lowest BCUT2D eigenvalue weighted by atomic mass is 9.78. The second-order valence-corrected chi connectivity index (χ2v) is 6.80. The van der Waals surface area contributed by atoms with E-state index in [2.05, 4.69) is 36.1 Å². The molecule has 2 fully saturated rings. The van der Waals surface area contributed by atoms with Crippen molar-refractivity contribution in [3.8, 4) is 0 Å². The lowest BCUT2D eigenvalue weighted by Crippen LogP contribution is -2.46. The first kappa shape index (κ1) is 13.9. The number of hydrogen-bond acceptors (Lipinski definition) is 2. The van der Waals surface area contributed by atoms with Gasteiger partial charge in [-0.05, 0) is 62.6 Å². The number of hydrogen-bond donors (Lipinski definition) is 1. The normalized spacial score (nSPS) is 28.0. The summed E-state index contributed by atoms with van der Waals surface area (Å²) >= 11 is 0. The molecule has 2 heteroatoms. The van der Waals surface area contributed by atoms with Crippen molar-refractivity contribution in [3.05, 3.63) is 29.8 Å². The van der Waals surface area contributed by atoms with Crippen LogP contribution >= 0.6 is 0 Å². The molecule has 0 radical (unpaired) electrons. The average molecular weight is 272 g/mol. The van der Waals surface area contributed by atoms with Crippen molar-refractivity contribution in [3.63, 3.8) is 0 Å². The summed E-state index contributed by atoms with van der Waals surface area (Å²) in [4.78, 5) is 2.68. The van der Waals surface area contributed by atoms with Crippen molar-refractivity contribution in [2.75, 3.05) is 11.4 Å². The van der Waals surface area contributed by atoms with Crippen LogP contribution in [0.4, 0.5) is 5.69 Å². The van der Waals surface area contributed by atoms with Gasteiger partial charge in [-0.3, -0.25) is 0 Å². The number of benzene rings is 1. The van der Waals surface area contributed by atoms with E-state index in [0.29, 0.717) is 0 Å². The predicted octanol–water partition coefficient (Wildman–Crippen LogP) is 3.74. The van der Waals surface area contributed by atoms with Gasteiger partial charge in [0.1, 0.15) is 0 Å². The minimum Gasteiger partial charge on any atom is -0.368 e. The van der Waals surface area contributed by atoms with Gasteiger partial charge in [0.05, 0.1) is 0 Å². The molecule has 1 heterocycles. The summed E-state index contributed by atoms with van der Waals surface area (Å²) in [6.07, 6.45) is 9.50. The largest absolute Gasteiger partial charge is 0.368 e. The molecule has 20 heavy (non-hydrogen) atoms. The molecule has 0 spiro atoms. The number of nitrogens with zero attached hydrogens (tertiary/aromatic N) is 1. The van der Waals surface area contributed by atoms with Gasteiger partial charge in [0, 0.05) is 24.3 Å². The van der Waals surface area contributed by atoms with Crippen molar-refractivity contribution in [2.45, 2.75) is 64.0 Å². The SMILES string of the molecule is CC(N)Cc1ccc(N2CCCC3CCCCC32)cc1. The zero-order valence-corrected chi connectivity index (χ0v) is 12.7. The number of fused-ring (bicyclic) bond motifs is 1. The second kappa shape index (κ2) is 6.17. The van der Waals surface area contributed by atoms with Crippen LogP contribution in [0, 0.1) is 5.92 Å². The molecule has 0 aromatic heterocycles. The van der Waals surface area contributed by atoms with E-state index in [1.54, 1.807) is 0 Å². The van der Waals surface area contributed by atoms with E-state index in [0.717, 1.165) is 18.4 Å². The van der Waals surface area contributed by atoms with E-state index >= 15 is 0 Å². The summed E-state index contributed by atoms with van der Waals surface area (Å²) in [5.41, 5.74) is 8.67. The maximum Gasteiger partial charge on any atom is 0.0368 e. The quantitative estimate of drug-likeness (QED) is 0.908. The molecular weight excluding hydrogens is 244 g/mol. The van der Waals surface area contributed by atoms with Gasteiger partial charge in [0.2, 0.25) is 0 Å². The zero-order chi connectivity index (χ0) is 13.9. The Bertz CT molecular complexity index is 422. The van der Waals surface area contributed by atoms with Crippen LogP contribution in [-0.2, 0) is 6.42 Å². The molecule has 3 unspecified atom stereocenters. The highest BCUT2D eigenvalue weighted by molar-refractivity contribution is 5.49. The molecule has 1 aliphatic carbocycles. The van der Waals surface area contributed by atoms with E-state index in [9.17, 15) is 0 Å². The smallest absolute Gasteiger partial charge is 0.0368 e. The van der Waals surface area contributed by atoms with Crippen molar-refractivity contribution >= 4 is 5.69 Å². The van der Waals surface area contributed by atoms with Crippen LogP contribution in [0.1, 0.15) is 51.0 Å². The van der Waals surface area contributed by atoms with Crippen LogP contribution in [-0.4, -0.2) is 18.6 Å². The Labute approximate surface area is 123 Å². The molecule has 3 atom stereocenters. The molecule has 1 aromatic rings. The van der Waals surface area contributed by atoms with Gasteiger partial charge in [0.25, 0.3) is 0 Å². The standard InChI is InChI=1S/C18H28N2/c1-14(19)13-15-8-10-17(11-9-15)20-12-4-6-16-5-2-3-7-18(16)20/h8-11,14,16,18H,2-7,12-13,19H2,1H3. The van der Waals surface area contributed by atoms with Gasteiger partial charge < -0.3 is 10.6 Å². The summed E-state index contributed by atoms with van der Waals surface area (Å²) in [5, 5.41) is 0. The lowest BCUT2D eigenvalue weighted by molar-refractivity contribution is 0.244. The average Bonchev–Trinajstić information content (AvgIpc) is 2.47. The molecule has 2 nitrogen and oxygen atoms in total. The lowest BCUT2D eigenvalue weighted by Gasteiger charge is -2.45. The fourth-order valence-electron chi connectivity index (χ4n) is 4.14. The highest BCUT2D eigenvalue weighted by Crippen LogP contribution is 2.37. The Morgan fingerprint density at radius 3 is 2.55 bits per heavy atom. The highest BCUT2D eigenvalue weighted by Gasteiger charge is 2.33. The van der Waals surface area contributed by atoms with Crippen molar-refractivity contribution in [1.29, 1.82) is 0 Å². The third-order valence-electron chi connectivity index (χ3n) is 5.07. The Morgan fingerprint density at radius 2 is 1.80 bits per heavy atom. The minimum atomic E-state index is 0.249. The Balaban J connectivity index is 1.73. The van der Waals surface area contributed by atoms with Gasteiger partial charge in [-0.15, -0.1) is 0 Å². The molecule has 1 aromatic carbocycles. The molecule has 3 rings (SSSR count). The first-order valence-corrected chi connectivity index (χ1v) is 8.35. The molecule has 0 bridgehead atoms. The van der Waals surface area contributed by atoms with Crippen LogP contribution in [0.3, 0.4) is 0 Å².